The SMILES string of the molecule is CC(C)CCN(C)[C@H](C)C(=O)N1CCCCCC1. The fourth-order valence-corrected chi connectivity index (χ4v) is 2.40. The Hall–Kier alpha value is -0.570. The van der Waals surface area contributed by atoms with E-state index in [0.717, 1.165) is 26.1 Å². The minimum absolute atomic E-state index is 0.0295. The number of hydrogen-bond donors (Lipinski definition) is 0. The molecule has 0 radical (unpaired) electrons. The lowest BCUT2D eigenvalue weighted by Crippen LogP contribution is -2.46. The molecule has 1 fully saturated rings. The van der Waals surface area contributed by atoms with E-state index in [1.54, 1.807) is 0 Å². The Balaban J connectivity index is 2.43. The Morgan fingerprint density at radius 2 is 1.67 bits per heavy atom. The summed E-state index contributed by atoms with van der Waals surface area (Å²) in [6.07, 6.45) is 6.07. The third-order valence-corrected chi connectivity index (χ3v) is 4.00. The Bertz CT molecular complexity index is 245. The van der Waals surface area contributed by atoms with Gasteiger partial charge in [0.15, 0.2) is 0 Å². The van der Waals surface area contributed by atoms with E-state index in [2.05, 4.69) is 30.7 Å². The first kappa shape index (κ1) is 15.5. The van der Waals surface area contributed by atoms with Crippen molar-refractivity contribution in [1.82, 2.24) is 9.80 Å². The van der Waals surface area contributed by atoms with E-state index in [1.807, 2.05) is 6.92 Å². The maximum atomic E-state index is 12.4. The number of hydrogen-bond acceptors (Lipinski definition) is 2. The highest BCUT2D eigenvalue weighted by atomic mass is 16.2. The van der Waals surface area contributed by atoms with Gasteiger partial charge in [0.05, 0.1) is 6.04 Å². The second kappa shape index (κ2) is 7.78. The number of amides is 1. The van der Waals surface area contributed by atoms with Crippen molar-refractivity contribution in [2.24, 2.45) is 5.92 Å². The van der Waals surface area contributed by atoms with Crippen LogP contribution in [0.1, 0.15) is 52.9 Å². The molecule has 1 aliphatic heterocycles. The Kier molecular flexibility index (Phi) is 6.69. The average molecular weight is 254 g/mol. The van der Waals surface area contributed by atoms with Crippen LogP contribution in [0.15, 0.2) is 0 Å². The van der Waals surface area contributed by atoms with E-state index in [0.29, 0.717) is 11.8 Å². The van der Waals surface area contributed by atoms with Gasteiger partial charge in [-0.2, -0.15) is 0 Å². The molecule has 0 unspecified atom stereocenters. The van der Waals surface area contributed by atoms with Crippen molar-refractivity contribution in [2.75, 3.05) is 26.7 Å². The van der Waals surface area contributed by atoms with Crippen molar-refractivity contribution < 1.29 is 4.79 Å². The first-order chi connectivity index (χ1) is 8.52. The number of likely N-dealkylation sites (tertiary alicyclic amines) is 1. The summed E-state index contributed by atoms with van der Waals surface area (Å²) in [4.78, 5) is 16.7. The molecule has 1 heterocycles. The van der Waals surface area contributed by atoms with Gasteiger partial charge in [-0.25, -0.2) is 0 Å². The first-order valence-electron chi connectivity index (χ1n) is 7.51. The van der Waals surface area contributed by atoms with Crippen LogP contribution in [0.4, 0.5) is 0 Å². The average Bonchev–Trinajstić information content (AvgIpc) is 2.62. The van der Waals surface area contributed by atoms with Crippen LogP contribution in [0.25, 0.3) is 0 Å². The molecule has 0 aromatic heterocycles. The predicted molar refractivity (Wildman–Crippen MR) is 76.6 cm³/mol. The van der Waals surface area contributed by atoms with E-state index in [9.17, 15) is 4.79 Å². The Morgan fingerprint density at radius 1 is 1.11 bits per heavy atom. The van der Waals surface area contributed by atoms with Crippen LogP contribution >= 0.6 is 0 Å². The monoisotopic (exact) mass is 254 g/mol. The number of carbonyl (C=O) groups excluding carboxylic acids is 1. The molecule has 0 aromatic rings. The van der Waals surface area contributed by atoms with E-state index >= 15 is 0 Å². The van der Waals surface area contributed by atoms with Gasteiger partial charge >= 0.3 is 0 Å². The van der Waals surface area contributed by atoms with Crippen molar-refractivity contribution >= 4 is 5.91 Å². The Morgan fingerprint density at radius 3 is 2.17 bits per heavy atom. The molecule has 3 heteroatoms. The molecule has 0 saturated carbocycles. The van der Waals surface area contributed by atoms with E-state index in [-0.39, 0.29) is 6.04 Å². The summed E-state index contributed by atoms with van der Waals surface area (Å²) < 4.78 is 0. The molecule has 3 nitrogen and oxygen atoms in total. The molecule has 106 valence electrons. The minimum Gasteiger partial charge on any atom is -0.341 e. The van der Waals surface area contributed by atoms with Crippen LogP contribution in [0.3, 0.4) is 0 Å². The highest BCUT2D eigenvalue weighted by Crippen LogP contribution is 2.13. The summed E-state index contributed by atoms with van der Waals surface area (Å²) in [5.41, 5.74) is 0. The van der Waals surface area contributed by atoms with Gasteiger partial charge in [0.1, 0.15) is 0 Å². The molecule has 1 atom stereocenters. The van der Waals surface area contributed by atoms with E-state index < -0.39 is 0 Å². The van der Waals surface area contributed by atoms with Gasteiger partial charge in [-0.05, 0) is 45.7 Å². The number of nitrogens with zero attached hydrogens (tertiary/aromatic N) is 2. The smallest absolute Gasteiger partial charge is 0.239 e. The topological polar surface area (TPSA) is 23.6 Å². The third-order valence-electron chi connectivity index (χ3n) is 4.00. The van der Waals surface area contributed by atoms with Gasteiger partial charge in [-0.15, -0.1) is 0 Å². The lowest BCUT2D eigenvalue weighted by Gasteiger charge is -2.30. The van der Waals surface area contributed by atoms with Crippen molar-refractivity contribution in [3.05, 3.63) is 0 Å². The lowest BCUT2D eigenvalue weighted by atomic mass is 10.1. The van der Waals surface area contributed by atoms with Crippen molar-refractivity contribution in [1.29, 1.82) is 0 Å². The fraction of sp³-hybridized carbons (Fsp3) is 0.933. The van der Waals surface area contributed by atoms with Crippen LogP contribution in [-0.4, -0.2) is 48.4 Å². The lowest BCUT2D eigenvalue weighted by molar-refractivity contribution is -0.135. The van der Waals surface area contributed by atoms with Crippen LogP contribution in [-0.2, 0) is 4.79 Å². The van der Waals surface area contributed by atoms with Gasteiger partial charge in [-0.1, -0.05) is 26.7 Å². The molecule has 1 saturated heterocycles. The standard InChI is InChI=1S/C15H30N2O/c1-13(2)9-12-16(4)14(3)15(18)17-10-7-5-6-8-11-17/h13-14H,5-12H2,1-4H3/t14-/m1/s1. The largest absolute Gasteiger partial charge is 0.341 e. The fourth-order valence-electron chi connectivity index (χ4n) is 2.40. The molecular weight excluding hydrogens is 224 g/mol. The quantitative estimate of drug-likeness (QED) is 0.753. The summed E-state index contributed by atoms with van der Waals surface area (Å²) in [5, 5.41) is 0. The van der Waals surface area contributed by atoms with Crippen molar-refractivity contribution in [2.45, 2.75) is 58.9 Å². The van der Waals surface area contributed by atoms with Crippen molar-refractivity contribution in [3.63, 3.8) is 0 Å². The zero-order valence-corrected chi connectivity index (χ0v) is 12.6. The summed E-state index contributed by atoms with van der Waals surface area (Å²) in [6, 6.07) is 0.0295. The summed E-state index contributed by atoms with van der Waals surface area (Å²) in [7, 11) is 2.07. The van der Waals surface area contributed by atoms with Crippen LogP contribution in [0.2, 0.25) is 0 Å². The molecule has 0 bridgehead atoms. The molecule has 1 rings (SSSR count). The molecule has 0 N–H and O–H groups in total. The predicted octanol–water partition coefficient (Wildman–Crippen LogP) is 2.76. The van der Waals surface area contributed by atoms with Gasteiger partial charge in [0.25, 0.3) is 0 Å². The van der Waals surface area contributed by atoms with Gasteiger partial charge < -0.3 is 4.90 Å². The third kappa shape index (κ3) is 4.97. The van der Waals surface area contributed by atoms with Crippen molar-refractivity contribution in [3.8, 4) is 0 Å². The van der Waals surface area contributed by atoms with Crippen LogP contribution < -0.4 is 0 Å². The van der Waals surface area contributed by atoms with Gasteiger partial charge in [0, 0.05) is 13.1 Å². The maximum absolute atomic E-state index is 12.4. The molecular formula is C15H30N2O. The number of rotatable bonds is 5. The summed E-state index contributed by atoms with van der Waals surface area (Å²) in [6.45, 7) is 9.44. The zero-order chi connectivity index (χ0) is 13.5. The molecule has 1 amide bonds. The second-order valence-corrected chi connectivity index (χ2v) is 6.08. The van der Waals surface area contributed by atoms with Crippen LogP contribution in [0.5, 0.6) is 0 Å². The molecule has 18 heavy (non-hydrogen) atoms. The first-order valence-corrected chi connectivity index (χ1v) is 7.51. The maximum Gasteiger partial charge on any atom is 0.239 e. The van der Waals surface area contributed by atoms with E-state index in [4.69, 9.17) is 0 Å². The Labute approximate surface area is 113 Å². The molecule has 0 aliphatic carbocycles. The molecule has 1 aliphatic rings. The van der Waals surface area contributed by atoms with Gasteiger partial charge in [0.2, 0.25) is 5.91 Å². The zero-order valence-electron chi connectivity index (χ0n) is 12.6. The summed E-state index contributed by atoms with van der Waals surface area (Å²) >= 11 is 0. The number of carbonyl (C=O) groups is 1. The normalized spacial score (nSPS) is 19.1. The molecule has 0 aromatic carbocycles. The van der Waals surface area contributed by atoms with Crippen LogP contribution in [0, 0.1) is 5.92 Å². The second-order valence-electron chi connectivity index (χ2n) is 6.08. The van der Waals surface area contributed by atoms with E-state index in [1.165, 1.54) is 25.7 Å². The van der Waals surface area contributed by atoms with Gasteiger partial charge in [-0.3, -0.25) is 9.69 Å². The molecule has 0 spiro atoms. The highest BCUT2D eigenvalue weighted by molar-refractivity contribution is 5.81. The number of likely N-dealkylation sites (N-methyl/N-ethyl adjacent to an activating group) is 1. The summed E-state index contributed by atoms with van der Waals surface area (Å²) in [5.74, 6) is 1.02. The minimum atomic E-state index is 0.0295. The highest BCUT2D eigenvalue weighted by Gasteiger charge is 2.24.